The molecule has 1 heterocycles. The van der Waals surface area contributed by atoms with Crippen molar-refractivity contribution >= 4 is 11.9 Å². The Morgan fingerprint density at radius 1 is 0.885 bits per heavy atom. The van der Waals surface area contributed by atoms with Crippen LogP contribution in [-0.4, -0.2) is 43.6 Å². The zero-order chi connectivity index (χ0) is 18.7. The number of nitrogens with zero attached hydrogens (tertiary/aromatic N) is 1. The van der Waals surface area contributed by atoms with Crippen molar-refractivity contribution in [1.82, 2.24) is 4.90 Å². The van der Waals surface area contributed by atoms with E-state index in [-0.39, 0.29) is 0 Å². The van der Waals surface area contributed by atoms with Gasteiger partial charge in [-0.05, 0) is 18.2 Å². The summed E-state index contributed by atoms with van der Waals surface area (Å²) in [6.07, 6.45) is -1.49. The Kier molecular flexibility index (Phi) is 5.06. The largest absolute Gasteiger partial charge is 0.467 e. The van der Waals surface area contributed by atoms with Crippen LogP contribution in [0, 0.1) is 0 Å². The molecule has 0 saturated carbocycles. The number of hydrogen-bond acceptors (Lipinski definition) is 6. The molecule has 2 atom stereocenters. The molecule has 0 aliphatic carbocycles. The second-order valence-corrected chi connectivity index (χ2v) is 6.05. The molecular formula is C20H21NO5. The molecule has 2 aromatic carbocycles. The van der Waals surface area contributed by atoms with Crippen LogP contribution < -0.4 is 0 Å². The van der Waals surface area contributed by atoms with Crippen LogP contribution in [0.1, 0.15) is 23.5 Å². The Morgan fingerprint density at radius 3 is 1.81 bits per heavy atom. The van der Waals surface area contributed by atoms with E-state index in [4.69, 9.17) is 14.2 Å². The number of hydrogen-bond donors (Lipinski definition) is 0. The lowest BCUT2D eigenvalue weighted by Gasteiger charge is -2.33. The predicted octanol–water partition coefficient (Wildman–Crippen LogP) is 2.47. The minimum atomic E-state index is -1.74. The zero-order valence-corrected chi connectivity index (χ0v) is 14.9. The first-order chi connectivity index (χ1) is 12.6. The molecule has 0 unspecified atom stereocenters. The third kappa shape index (κ3) is 2.67. The summed E-state index contributed by atoms with van der Waals surface area (Å²) in [5, 5.41) is 0. The maximum Gasteiger partial charge on any atom is 0.341 e. The summed E-state index contributed by atoms with van der Waals surface area (Å²) >= 11 is 0. The first-order valence-electron chi connectivity index (χ1n) is 8.22. The van der Waals surface area contributed by atoms with E-state index in [0.717, 1.165) is 5.56 Å². The van der Waals surface area contributed by atoms with Crippen molar-refractivity contribution in [3.05, 3.63) is 71.8 Å². The van der Waals surface area contributed by atoms with Gasteiger partial charge in [0.05, 0.1) is 14.2 Å². The quantitative estimate of drug-likeness (QED) is 0.620. The second kappa shape index (κ2) is 7.27. The van der Waals surface area contributed by atoms with Crippen molar-refractivity contribution in [3.63, 3.8) is 0 Å². The van der Waals surface area contributed by atoms with Gasteiger partial charge in [0.15, 0.2) is 0 Å². The van der Waals surface area contributed by atoms with Gasteiger partial charge in [0.25, 0.3) is 0 Å². The maximum absolute atomic E-state index is 12.9. The van der Waals surface area contributed by atoms with E-state index in [9.17, 15) is 9.59 Å². The van der Waals surface area contributed by atoms with Gasteiger partial charge < -0.3 is 14.2 Å². The van der Waals surface area contributed by atoms with Gasteiger partial charge in [-0.15, -0.1) is 0 Å². The van der Waals surface area contributed by atoms with Crippen molar-refractivity contribution in [2.75, 3.05) is 21.3 Å². The molecule has 1 saturated heterocycles. The molecular weight excluding hydrogens is 334 g/mol. The third-order valence-corrected chi connectivity index (χ3v) is 4.73. The summed E-state index contributed by atoms with van der Waals surface area (Å²) in [4.78, 5) is 27.3. The zero-order valence-electron chi connectivity index (χ0n) is 14.9. The van der Waals surface area contributed by atoms with Gasteiger partial charge in [0.1, 0.15) is 12.3 Å². The molecule has 6 nitrogen and oxygen atoms in total. The molecule has 0 radical (unpaired) electrons. The molecule has 26 heavy (non-hydrogen) atoms. The third-order valence-electron chi connectivity index (χ3n) is 4.73. The Hall–Kier alpha value is -2.70. The molecule has 0 aromatic heterocycles. The number of benzene rings is 2. The lowest BCUT2D eigenvalue weighted by Crippen LogP contribution is -2.59. The minimum absolute atomic E-state index is 0.611. The van der Waals surface area contributed by atoms with Crippen LogP contribution >= 0.6 is 0 Å². The average molecular weight is 355 g/mol. The van der Waals surface area contributed by atoms with Crippen molar-refractivity contribution in [1.29, 1.82) is 0 Å². The first-order valence-corrected chi connectivity index (χ1v) is 8.22. The lowest BCUT2D eigenvalue weighted by molar-refractivity contribution is -0.171. The van der Waals surface area contributed by atoms with E-state index in [0.29, 0.717) is 5.56 Å². The van der Waals surface area contributed by atoms with E-state index in [1.54, 1.807) is 11.9 Å². The van der Waals surface area contributed by atoms with Crippen LogP contribution in [0.3, 0.4) is 0 Å². The highest BCUT2D eigenvalue weighted by molar-refractivity contribution is 6.06. The summed E-state index contributed by atoms with van der Waals surface area (Å²) in [7, 11) is 4.16. The fourth-order valence-corrected chi connectivity index (χ4v) is 3.45. The summed E-state index contributed by atoms with van der Waals surface area (Å²) < 4.78 is 16.2. The minimum Gasteiger partial charge on any atom is -0.467 e. The van der Waals surface area contributed by atoms with Gasteiger partial charge in [-0.2, -0.15) is 0 Å². The highest BCUT2D eigenvalue weighted by Gasteiger charge is 2.66. The fourth-order valence-electron chi connectivity index (χ4n) is 3.45. The Bertz CT molecular complexity index is 761. The topological polar surface area (TPSA) is 65.1 Å². The Morgan fingerprint density at radius 2 is 1.35 bits per heavy atom. The van der Waals surface area contributed by atoms with E-state index < -0.39 is 29.8 Å². The normalized spacial score (nSPS) is 22.0. The fraction of sp³-hybridized carbons (Fsp3) is 0.300. The van der Waals surface area contributed by atoms with E-state index in [1.165, 1.54) is 14.2 Å². The van der Waals surface area contributed by atoms with E-state index >= 15 is 0 Å². The van der Waals surface area contributed by atoms with Gasteiger partial charge in [0.2, 0.25) is 5.54 Å². The number of carbonyl (C=O) groups excluding carboxylic acids is 2. The summed E-state index contributed by atoms with van der Waals surface area (Å²) in [5.41, 5.74) is -0.232. The van der Waals surface area contributed by atoms with Crippen molar-refractivity contribution in [2.24, 2.45) is 0 Å². The molecule has 2 aromatic rings. The highest BCUT2D eigenvalue weighted by Crippen LogP contribution is 2.49. The molecule has 1 aliphatic heterocycles. The molecule has 6 heteroatoms. The van der Waals surface area contributed by atoms with E-state index in [1.807, 2.05) is 60.7 Å². The molecule has 1 aliphatic rings. The Labute approximate surface area is 152 Å². The maximum atomic E-state index is 12.9. The van der Waals surface area contributed by atoms with Crippen molar-refractivity contribution in [3.8, 4) is 0 Å². The summed E-state index contributed by atoms with van der Waals surface area (Å²) in [6, 6.07) is 18.5. The SMILES string of the molecule is COC(=O)C1(C(=O)OC)[C@H](c2ccccc2)O[C@@H](c2ccccc2)N1C. The number of esters is 2. The van der Waals surface area contributed by atoms with E-state index in [2.05, 4.69) is 0 Å². The molecule has 136 valence electrons. The van der Waals surface area contributed by atoms with Crippen LogP contribution in [0.5, 0.6) is 0 Å². The number of ether oxygens (including phenoxy) is 3. The molecule has 3 rings (SSSR count). The second-order valence-electron chi connectivity index (χ2n) is 6.05. The summed E-state index contributed by atoms with van der Waals surface area (Å²) in [6.45, 7) is 0. The highest BCUT2D eigenvalue weighted by atomic mass is 16.6. The number of likely N-dealkylation sites (N-methyl/N-ethyl adjacent to an activating group) is 1. The number of carbonyl (C=O) groups is 2. The molecule has 0 N–H and O–H groups in total. The first kappa shape index (κ1) is 18.1. The Balaban J connectivity index is 2.18. The van der Waals surface area contributed by atoms with Crippen LogP contribution in [0.15, 0.2) is 60.7 Å². The molecule has 0 amide bonds. The van der Waals surface area contributed by atoms with Gasteiger partial charge in [-0.3, -0.25) is 0 Å². The average Bonchev–Trinajstić information content (AvgIpc) is 3.02. The molecule has 0 spiro atoms. The van der Waals surface area contributed by atoms with Gasteiger partial charge >= 0.3 is 11.9 Å². The monoisotopic (exact) mass is 355 g/mol. The van der Waals surface area contributed by atoms with Gasteiger partial charge in [-0.1, -0.05) is 60.7 Å². The van der Waals surface area contributed by atoms with Crippen molar-refractivity contribution in [2.45, 2.75) is 17.9 Å². The smallest absolute Gasteiger partial charge is 0.341 e. The van der Waals surface area contributed by atoms with Crippen LogP contribution in [-0.2, 0) is 23.8 Å². The van der Waals surface area contributed by atoms with Crippen molar-refractivity contribution < 1.29 is 23.8 Å². The van der Waals surface area contributed by atoms with Gasteiger partial charge in [0, 0.05) is 0 Å². The standard InChI is InChI=1S/C20H21NO5/c1-21-17(15-12-8-5-9-13-15)26-16(14-10-6-4-7-11-14)20(21,18(22)24-2)19(23)25-3/h4-13,16-17H,1-3H3/t16-,17-/m0/s1. The van der Waals surface area contributed by atoms with Crippen LogP contribution in [0.4, 0.5) is 0 Å². The number of rotatable bonds is 4. The number of methoxy groups -OCH3 is 2. The van der Waals surface area contributed by atoms with Gasteiger partial charge in [-0.25, -0.2) is 14.5 Å². The van der Waals surface area contributed by atoms with Crippen LogP contribution in [0.2, 0.25) is 0 Å². The molecule has 0 bridgehead atoms. The van der Waals surface area contributed by atoms with Crippen LogP contribution in [0.25, 0.3) is 0 Å². The predicted molar refractivity (Wildman–Crippen MR) is 94.0 cm³/mol. The molecule has 1 fully saturated rings. The summed E-state index contributed by atoms with van der Waals surface area (Å²) in [5.74, 6) is -1.45. The lowest BCUT2D eigenvalue weighted by atomic mass is 9.86.